The molecule has 1 aliphatic carbocycles. The third-order valence-electron chi connectivity index (χ3n) is 5.63. The Balaban J connectivity index is 1.76. The molecule has 0 saturated heterocycles. The van der Waals surface area contributed by atoms with Crippen LogP contribution in [0.1, 0.15) is 36.3 Å². The number of aromatic nitrogens is 2. The van der Waals surface area contributed by atoms with Crippen LogP contribution in [0.3, 0.4) is 0 Å². The fourth-order valence-corrected chi connectivity index (χ4v) is 4.60. The number of carbonyl (C=O) groups is 1. The minimum atomic E-state index is -0.281. The summed E-state index contributed by atoms with van der Waals surface area (Å²) in [7, 11) is 1.81. The number of hydrogen-bond acceptors (Lipinski definition) is 3. The van der Waals surface area contributed by atoms with Crippen molar-refractivity contribution in [3.05, 3.63) is 63.4 Å². The quantitative estimate of drug-likeness (QED) is 0.502. The molecule has 1 aromatic heterocycles. The number of rotatable bonds is 4. The van der Waals surface area contributed by atoms with Gasteiger partial charge in [0, 0.05) is 34.3 Å². The smallest absolute Gasteiger partial charge is 0.287 e. The van der Waals surface area contributed by atoms with Crippen LogP contribution < -0.4 is 5.32 Å². The second kappa shape index (κ2) is 9.21. The molecule has 0 aliphatic heterocycles. The zero-order valence-electron chi connectivity index (χ0n) is 16.9. The average molecular weight is 479 g/mol. The van der Waals surface area contributed by atoms with E-state index in [9.17, 15) is 9.90 Å². The van der Waals surface area contributed by atoms with E-state index in [1.54, 1.807) is 34.9 Å². The lowest BCUT2D eigenvalue weighted by atomic mass is 9.93. The van der Waals surface area contributed by atoms with Crippen LogP contribution >= 0.6 is 34.8 Å². The minimum absolute atomic E-state index is 0.0224. The summed E-state index contributed by atoms with van der Waals surface area (Å²) in [5.41, 5.74) is 2.90. The molecule has 1 saturated carbocycles. The van der Waals surface area contributed by atoms with Crippen LogP contribution in [-0.2, 0) is 7.05 Å². The van der Waals surface area contributed by atoms with Crippen molar-refractivity contribution in [3.63, 3.8) is 0 Å². The maximum Gasteiger partial charge on any atom is 0.287 e. The highest BCUT2D eigenvalue weighted by Gasteiger charge is 2.26. The van der Waals surface area contributed by atoms with Crippen molar-refractivity contribution in [3.8, 4) is 22.5 Å². The van der Waals surface area contributed by atoms with Crippen LogP contribution in [0.15, 0.2) is 42.5 Å². The Kier molecular flexibility index (Phi) is 6.58. The molecular weight excluding hydrogens is 457 g/mol. The van der Waals surface area contributed by atoms with Gasteiger partial charge in [0.15, 0.2) is 5.82 Å². The lowest BCUT2D eigenvalue weighted by Gasteiger charge is -2.26. The Bertz CT molecular complexity index is 1100. The van der Waals surface area contributed by atoms with E-state index in [1.165, 1.54) is 0 Å². The molecule has 2 N–H and O–H groups in total. The van der Waals surface area contributed by atoms with Crippen LogP contribution in [0.25, 0.3) is 22.5 Å². The zero-order chi connectivity index (χ0) is 22.1. The highest BCUT2D eigenvalue weighted by atomic mass is 35.5. The Hall–Kier alpha value is -2.05. The molecular formula is C23H22Cl3N3O2. The van der Waals surface area contributed by atoms with E-state index in [2.05, 4.69) is 5.32 Å². The topological polar surface area (TPSA) is 67.2 Å². The Morgan fingerprint density at radius 3 is 2.32 bits per heavy atom. The molecule has 1 amide bonds. The third-order valence-corrected chi connectivity index (χ3v) is 6.43. The predicted octanol–water partition coefficient (Wildman–Crippen LogP) is 5.75. The second-order valence-corrected chi connectivity index (χ2v) is 9.08. The Morgan fingerprint density at radius 2 is 1.68 bits per heavy atom. The van der Waals surface area contributed by atoms with Gasteiger partial charge < -0.3 is 15.0 Å². The van der Waals surface area contributed by atoms with E-state index >= 15 is 0 Å². The van der Waals surface area contributed by atoms with E-state index in [-0.39, 0.29) is 23.9 Å². The summed E-state index contributed by atoms with van der Waals surface area (Å²) in [6.07, 6.45) is 2.59. The summed E-state index contributed by atoms with van der Waals surface area (Å²) >= 11 is 18.6. The molecule has 0 unspecified atom stereocenters. The zero-order valence-corrected chi connectivity index (χ0v) is 19.2. The molecule has 0 atom stereocenters. The molecule has 162 valence electrons. The molecule has 3 aromatic rings. The highest BCUT2D eigenvalue weighted by Crippen LogP contribution is 2.37. The van der Waals surface area contributed by atoms with Crippen molar-refractivity contribution >= 4 is 40.7 Å². The van der Waals surface area contributed by atoms with Gasteiger partial charge in [-0.3, -0.25) is 4.79 Å². The van der Waals surface area contributed by atoms with Crippen LogP contribution in [-0.4, -0.2) is 32.7 Å². The van der Waals surface area contributed by atoms with Crippen LogP contribution in [0.2, 0.25) is 15.1 Å². The first-order chi connectivity index (χ1) is 14.8. The number of halogens is 3. The van der Waals surface area contributed by atoms with Crippen LogP contribution in [0.4, 0.5) is 0 Å². The number of aliphatic hydroxyl groups excluding tert-OH is 1. The summed E-state index contributed by atoms with van der Waals surface area (Å²) in [6.45, 7) is 0. The second-order valence-electron chi connectivity index (χ2n) is 7.80. The van der Waals surface area contributed by atoms with Crippen molar-refractivity contribution in [1.82, 2.24) is 14.9 Å². The number of nitrogens with zero attached hydrogens (tertiary/aromatic N) is 2. The van der Waals surface area contributed by atoms with Gasteiger partial charge in [0.2, 0.25) is 0 Å². The average Bonchev–Trinajstić information content (AvgIpc) is 3.07. The van der Waals surface area contributed by atoms with E-state index in [0.29, 0.717) is 39.2 Å². The number of hydrogen-bond donors (Lipinski definition) is 2. The van der Waals surface area contributed by atoms with Gasteiger partial charge in [0.05, 0.1) is 22.5 Å². The predicted molar refractivity (Wildman–Crippen MR) is 125 cm³/mol. The SMILES string of the molecule is Cn1c(C(=O)NC2CCC(O)CC2)nc(-c2ccc(Cl)cc2Cl)c1-c1ccc(Cl)cc1. The fourth-order valence-electron chi connectivity index (χ4n) is 3.98. The van der Waals surface area contributed by atoms with Gasteiger partial charge in [-0.05, 0) is 56.0 Å². The number of carbonyl (C=O) groups excluding carboxylic acids is 1. The number of amides is 1. The van der Waals surface area contributed by atoms with Gasteiger partial charge >= 0.3 is 0 Å². The summed E-state index contributed by atoms with van der Waals surface area (Å²) in [5.74, 6) is 0.0347. The molecule has 1 heterocycles. The standard InChI is InChI=1S/C23H22Cl3N3O2/c1-29-21(13-2-4-14(24)5-3-13)20(18-11-6-15(25)12-19(18)26)28-22(29)23(31)27-16-7-9-17(30)10-8-16/h2-6,11-12,16-17,30H,7-10H2,1H3,(H,27,31). The fraction of sp³-hybridized carbons (Fsp3) is 0.304. The molecule has 4 rings (SSSR count). The van der Waals surface area contributed by atoms with Gasteiger partial charge in [-0.1, -0.05) is 46.9 Å². The van der Waals surface area contributed by atoms with Gasteiger partial charge in [0.1, 0.15) is 0 Å². The molecule has 5 nitrogen and oxygen atoms in total. The van der Waals surface area contributed by atoms with Crippen LogP contribution in [0, 0.1) is 0 Å². The molecule has 0 radical (unpaired) electrons. The molecule has 0 spiro atoms. The monoisotopic (exact) mass is 477 g/mol. The van der Waals surface area contributed by atoms with Crippen molar-refractivity contribution in [2.75, 3.05) is 0 Å². The molecule has 0 bridgehead atoms. The summed E-state index contributed by atoms with van der Waals surface area (Å²) in [6, 6.07) is 12.6. The molecule has 1 fully saturated rings. The molecule has 2 aromatic carbocycles. The van der Waals surface area contributed by atoms with Gasteiger partial charge in [0.25, 0.3) is 5.91 Å². The lowest BCUT2D eigenvalue weighted by Crippen LogP contribution is -2.39. The van der Waals surface area contributed by atoms with Crippen molar-refractivity contribution < 1.29 is 9.90 Å². The minimum Gasteiger partial charge on any atom is -0.393 e. The number of imidazole rings is 1. The van der Waals surface area contributed by atoms with E-state index in [0.717, 1.165) is 24.1 Å². The van der Waals surface area contributed by atoms with Crippen LogP contribution in [0.5, 0.6) is 0 Å². The normalized spacial score (nSPS) is 18.7. The highest BCUT2D eigenvalue weighted by molar-refractivity contribution is 6.36. The van der Waals surface area contributed by atoms with E-state index < -0.39 is 0 Å². The molecule has 1 aliphatic rings. The van der Waals surface area contributed by atoms with Crippen molar-refractivity contribution in [2.45, 2.75) is 37.8 Å². The van der Waals surface area contributed by atoms with Gasteiger partial charge in [-0.2, -0.15) is 0 Å². The number of nitrogens with one attached hydrogen (secondary N) is 1. The maximum atomic E-state index is 13.1. The maximum absolute atomic E-state index is 13.1. The lowest BCUT2D eigenvalue weighted by molar-refractivity contribution is 0.0856. The first-order valence-corrected chi connectivity index (χ1v) is 11.2. The summed E-state index contributed by atoms with van der Waals surface area (Å²) < 4.78 is 1.77. The molecule has 31 heavy (non-hydrogen) atoms. The molecule has 8 heteroatoms. The first kappa shape index (κ1) is 22.2. The third kappa shape index (κ3) is 4.75. The van der Waals surface area contributed by atoms with Crippen molar-refractivity contribution in [2.24, 2.45) is 7.05 Å². The Morgan fingerprint density at radius 1 is 1.03 bits per heavy atom. The summed E-state index contributed by atoms with van der Waals surface area (Å²) in [4.78, 5) is 17.8. The van der Waals surface area contributed by atoms with E-state index in [4.69, 9.17) is 39.8 Å². The number of aliphatic hydroxyl groups is 1. The summed E-state index contributed by atoms with van der Waals surface area (Å²) in [5, 5.41) is 14.4. The van der Waals surface area contributed by atoms with Gasteiger partial charge in [-0.25, -0.2) is 4.98 Å². The Labute approximate surface area is 196 Å². The largest absolute Gasteiger partial charge is 0.393 e. The number of benzene rings is 2. The first-order valence-electron chi connectivity index (χ1n) is 10.1. The van der Waals surface area contributed by atoms with Gasteiger partial charge in [-0.15, -0.1) is 0 Å². The van der Waals surface area contributed by atoms with E-state index in [1.807, 2.05) is 19.2 Å². The van der Waals surface area contributed by atoms with Crippen molar-refractivity contribution in [1.29, 1.82) is 0 Å².